The second-order valence-electron chi connectivity index (χ2n) is 4.75. The summed E-state index contributed by atoms with van der Waals surface area (Å²) in [7, 11) is 1.93. The van der Waals surface area contributed by atoms with Crippen LogP contribution in [0.3, 0.4) is 0 Å². The number of aliphatic imine (C=N–C) groups is 1. The summed E-state index contributed by atoms with van der Waals surface area (Å²) in [6.07, 6.45) is 3.97. The third-order valence-corrected chi connectivity index (χ3v) is 3.84. The van der Waals surface area contributed by atoms with E-state index in [2.05, 4.69) is 34.2 Å². The highest BCUT2D eigenvalue weighted by atomic mass is 15.2. The third kappa shape index (κ3) is 1.49. The second-order valence-corrected chi connectivity index (χ2v) is 4.75. The normalized spacial score (nSPS) is 27.6. The standard InChI is InChI=1S/C14H18N2/c1-15-14-12-7-3-2-6-11(12)10-16-9-5-4-8-13(14)16/h2-3,6-7,13H,4-5,8-10H2,1H3. The highest BCUT2D eigenvalue weighted by molar-refractivity contribution is 6.06. The Balaban J connectivity index is 2.06. The molecule has 0 saturated carbocycles. The monoisotopic (exact) mass is 214 g/mol. The summed E-state index contributed by atoms with van der Waals surface area (Å²) < 4.78 is 0. The molecule has 2 heteroatoms. The lowest BCUT2D eigenvalue weighted by atomic mass is 9.86. The number of rotatable bonds is 0. The lowest BCUT2D eigenvalue weighted by Crippen LogP contribution is -2.48. The number of piperidine rings is 1. The number of hydrogen-bond acceptors (Lipinski definition) is 2. The molecule has 0 aromatic heterocycles. The van der Waals surface area contributed by atoms with Gasteiger partial charge in [-0.1, -0.05) is 30.7 Å². The van der Waals surface area contributed by atoms with E-state index in [9.17, 15) is 0 Å². The van der Waals surface area contributed by atoms with Gasteiger partial charge in [0.15, 0.2) is 0 Å². The first-order valence-electron chi connectivity index (χ1n) is 6.19. The van der Waals surface area contributed by atoms with Gasteiger partial charge in [-0.2, -0.15) is 0 Å². The molecule has 1 saturated heterocycles. The maximum atomic E-state index is 4.55. The summed E-state index contributed by atoms with van der Waals surface area (Å²) in [5, 5.41) is 0. The van der Waals surface area contributed by atoms with Gasteiger partial charge in [-0.25, -0.2) is 0 Å². The van der Waals surface area contributed by atoms with Crippen LogP contribution in [0.25, 0.3) is 0 Å². The smallest absolute Gasteiger partial charge is 0.0592 e. The fourth-order valence-corrected chi connectivity index (χ4v) is 3.07. The quantitative estimate of drug-likeness (QED) is 0.648. The molecular formula is C14H18N2. The summed E-state index contributed by atoms with van der Waals surface area (Å²) in [5.74, 6) is 0. The Labute approximate surface area is 97.0 Å². The van der Waals surface area contributed by atoms with E-state index in [1.54, 1.807) is 0 Å². The van der Waals surface area contributed by atoms with E-state index >= 15 is 0 Å². The molecule has 0 radical (unpaired) electrons. The average Bonchev–Trinajstić information content (AvgIpc) is 2.36. The van der Waals surface area contributed by atoms with Crippen molar-refractivity contribution in [1.82, 2.24) is 4.90 Å². The number of fused-ring (bicyclic) bond motifs is 2. The highest BCUT2D eigenvalue weighted by Gasteiger charge is 2.32. The molecule has 1 aromatic carbocycles. The summed E-state index contributed by atoms with van der Waals surface area (Å²) in [4.78, 5) is 7.14. The van der Waals surface area contributed by atoms with Crippen LogP contribution in [0.15, 0.2) is 29.3 Å². The van der Waals surface area contributed by atoms with Gasteiger partial charge in [-0.05, 0) is 24.9 Å². The fourth-order valence-electron chi connectivity index (χ4n) is 3.07. The molecule has 3 rings (SSSR count). The van der Waals surface area contributed by atoms with Crippen molar-refractivity contribution in [3.63, 3.8) is 0 Å². The minimum absolute atomic E-state index is 0.577. The average molecular weight is 214 g/mol. The Morgan fingerprint density at radius 2 is 2.12 bits per heavy atom. The molecule has 2 nitrogen and oxygen atoms in total. The summed E-state index contributed by atoms with van der Waals surface area (Å²) in [5.41, 5.74) is 4.14. The maximum absolute atomic E-state index is 4.55. The predicted octanol–water partition coefficient (Wildman–Crippen LogP) is 2.47. The van der Waals surface area contributed by atoms with Gasteiger partial charge < -0.3 is 0 Å². The van der Waals surface area contributed by atoms with Crippen LogP contribution in [0.1, 0.15) is 30.4 Å². The van der Waals surface area contributed by atoms with Crippen molar-refractivity contribution >= 4 is 5.71 Å². The number of hydrogen-bond donors (Lipinski definition) is 0. The van der Waals surface area contributed by atoms with Gasteiger partial charge in [0.2, 0.25) is 0 Å². The molecule has 84 valence electrons. The van der Waals surface area contributed by atoms with Crippen molar-refractivity contribution in [3.05, 3.63) is 35.4 Å². The van der Waals surface area contributed by atoms with Crippen LogP contribution in [0.5, 0.6) is 0 Å². The topological polar surface area (TPSA) is 15.6 Å². The highest BCUT2D eigenvalue weighted by Crippen LogP contribution is 2.29. The van der Waals surface area contributed by atoms with Gasteiger partial charge in [0.05, 0.1) is 11.8 Å². The molecule has 2 aliphatic rings. The SMILES string of the molecule is CN=C1c2ccccc2CN2CCCCC12. The molecule has 2 aliphatic heterocycles. The maximum Gasteiger partial charge on any atom is 0.0592 e. The summed E-state index contributed by atoms with van der Waals surface area (Å²) in [6.45, 7) is 2.35. The van der Waals surface area contributed by atoms with Gasteiger partial charge in [0.1, 0.15) is 0 Å². The Bertz CT molecular complexity index is 422. The van der Waals surface area contributed by atoms with Crippen LogP contribution >= 0.6 is 0 Å². The molecule has 0 N–H and O–H groups in total. The molecule has 0 amide bonds. The second kappa shape index (κ2) is 4.02. The van der Waals surface area contributed by atoms with Crippen molar-refractivity contribution < 1.29 is 0 Å². The van der Waals surface area contributed by atoms with Crippen molar-refractivity contribution in [2.24, 2.45) is 4.99 Å². The van der Waals surface area contributed by atoms with Crippen molar-refractivity contribution in [2.75, 3.05) is 13.6 Å². The third-order valence-electron chi connectivity index (χ3n) is 3.84. The fraction of sp³-hybridized carbons (Fsp3) is 0.500. The lowest BCUT2D eigenvalue weighted by molar-refractivity contribution is 0.178. The number of nitrogens with zero attached hydrogens (tertiary/aromatic N) is 2. The molecule has 1 aromatic rings. The van der Waals surface area contributed by atoms with Crippen LogP contribution in [-0.2, 0) is 6.54 Å². The summed E-state index contributed by atoms with van der Waals surface area (Å²) >= 11 is 0. The minimum Gasteiger partial charge on any atom is -0.291 e. The molecule has 2 heterocycles. The first kappa shape index (κ1) is 10.0. The Morgan fingerprint density at radius 3 is 3.00 bits per heavy atom. The zero-order valence-corrected chi connectivity index (χ0v) is 9.82. The van der Waals surface area contributed by atoms with Gasteiger partial charge in [-0.3, -0.25) is 9.89 Å². The molecular weight excluding hydrogens is 196 g/mol. The van der Waals surface area contributed by atoms with E-state index in [1.807, 2.05) is 7.05 Å². The lowest BCUT2D eigenvalue weighted by Gasteiger charge is -2.40. The van der Waals surface area contributed by atoms with Crippen molar-refractivity contribution in [3.8, 4) is 0 Å². The first-order chi connectivity index (χ1) is 7.90. The Hall–Kier alpha value is -1.15. The van der Waals surface area contributed by atoms with Gasteiger partial charge in [0, 0.05) is 19.2 Å². The minimum atomic E-state index is 0.577. The van der Waals surface area contributed by atoms with Crippen LogP contribution in [0, 0.1) is 0 Å². The molecule has 0 aliphatic carbocycles. The predicted molar refractivity (Wildman–Crippen MR) is 67.0 cm³/mol. The zero-order valence-electron chi connectivity index (χ0n) is 9.82. The van der Waals surface area contributed by atoms with Gasteiger partial charge in [-0.15, -0.1) is 0 Å². The van der Waals surface area contributed by atoms with E-state index in [1.165, 1.54) is 42.6 Å². The van der Waals surface area contributed by atoms with E-state index in [0.29, 0.717) is 6.04 Å². The van der Waals surface area contributed by atoms with Crippen LogP contribution in [-0.4, -0.2) is 30.2 Å². The van der Waals surface area contributed by atoms with E-state index in [-0.39, 0.29) is 0 Å². The van der Waals surface area contributed by atoms with Crippen LogP contribution in [0.4, 0.5) is 0 Å². The zero-order chi connectivity index (χ0) is 11.0. The van der Waals surface area contributed by atoms with Gasteiger partial charge in [0.25, 0.3) is 0 Å². The van der Waals surface area contributed by atoms with E-state index < -0.39 is 0 Å². The Kier molecular flexibility index (Phi) is 2.52. The van der Waals surface area contributed by atoms with E-state index in [0.717, 1.165) is 6.54 Å². The molecule has 0 bridgehead atoms. The molecule has 1 atom stereocenters. The summed E-state index contributed by atoms with van der Waals surface area (Å²) in [6, 6.07) is 9.31. The van der Waals surface area contributed by atoms with Crippen LogP contribution in [0.2, 0.25) is 0 Å². The largest absolute Gasteiger partial charge is 0.291 e. The molecule has 1 unspecified atom stereocenters. The molecule has 0 spiro atoms. The first-order valence-corrected chi connectivity index (χ1v) is 6.19. The molecule has 1 fully saturated rings. The van der Waals surface area contributed by atoms with Crippen LogP contribution < -0.4 is 0 Å². The Morgan fingerprint density at radius 1 is 1.25 bits per heavy atom. The van der Waals surface area contributed by atoms with E-state index in [4.69, 9.17) is 0 Å². The number of benzene rings is 1. The van der Waals surface area contributed by atoms with Gasteiger partial charge >= 0.3 is 0 Å². The molecule has 16 heavy (non-hydrogen) atoms. The van der Waals surface area contributed by atoms with Crippen molar-refractivity contribution in [1.29, 1.82) is 0 Å². The van der Waals surface area contributed by atoms with Crippen molar-refractivity contribution in [2.45, 2.75) is 31.8 Å².